The van der Waals surface area contributed by atoms with E-state index in [0.717, 1.165) is 0 Å². The predicted molar refractivity (Wildman–Crippen MR) is 60.9 cm³/mol. The number of ether oxygens (including phenoxy) is 1. The quantitative estimate of drug-likeness (QED) is 0.719. The van der Waals surface area contributed by atoms with Gasteiger partial charge in [0.1, 0.15) is 12.4 Å². The van der Waals surface area contributed by atoms with Crippen LogP contribution in [-0.4, -0.2) is 25.7 Å². The second kappa shape index (κ2) is 6.10. The number of nitrogens with zero attached hydrogens (tertiary/aromatic N) is 1. The van der Waals surface area contributed by atoms with E-state index in [4.69, 9.17) is 4.74 Å². The summed E-state index contributed by atoms with van der Waals surface area (Å²) >= 11 is 0. The molecule has 0 heterocycles. The van der Waals surface area contributed by atoms with E-state index in [-0.39, 0.29) is 18.3 Å². The van der Waals surface area contributed by atoms with Crippen LogP contribution in [0.5, 0.6) is 0 Å². The molecule has 0 atom stereocenters. The van der Waals surface area contributed by atoms with Gasteiger partial charge in [0, 0.05) is 6.54 Å². The molecule has 3 nitrogen and oxygen atoms in total. The van der Waals surface area contributed by atoms with Crippen molar-refractivity contribution in [2.75, 3.05) is 24.6 Å². The molecular formula is C12H16FNO2. The lowest BCUT2D eigenvalue weighted by Gasteiger charge is -2.22. The lowest BCUT2D eigenvalue weighted by molar-refractivity contribution is -0.141. The first kappa shape index (κ1) is 12.5. The number of carbonyl (C=O) groups excluding carboxylic acids is 1. The number of carbonyl (C=O) groups is 1. The number of para-hydroxylation sites is 1. The highest BCUT2D eigenvalue weighted by Crippen LogP contribution is 2.17. The van der Waals surface area contributed by atoms with Gasteiger partial charge in [-0.15, -0.1) is 0 Å². The molecule has 1 aromatic rings. The van der Waals surface area contributed by atoms with Crippen LogP contribution in [0.4, 0.5) is 10.1 Å². The Morgan fingerprint density at radius 1 is 1.38 bits per heavy atom. The zero-order valence-electron chi connectivity index (χ0n) is 9.57. The maximum absolute atomic E-state index is 13.5. The van der Waals surface area contributed by atoms with Crippen LogP contribution in [0.1, 0.15) is 13.8 Å². The highest BCUT2D eigenvalue weighted by atomic mass is 19.1. The third kappa shape index (κ3) is 3.22. The number of rotatable bonds is 5. The topological polar surface area (TPSA) is 29.5 Å². The van der Waals surface area contributed by atoms with Crippen molar-refractivity contribution < 1.29 is 13.9 Å². The Morgan fingerprint density at radius 2 is 2.06 bits per heavy atom. The SMILES string of the molecule is CCOC(=O)CN(CC)c1ccccc1F. The molecule has 0 fully saturated rings. The number of benzene rings is 1. The van der Waals surface area contributed by atoms with Gasteiger partial charge in [0.25, 0.3) is 0 Å². The maximum atomic E-state index is 13.5. The van der Waals surface area contributed by atoms with Crippen LogP contribution in [0.15, 0.2) is 24.3 Å². The average Bonchev–Trinajstić information content (AvgIpc) is 2.27. The minimum atomic E-state index is -0.340. The first-order chi connectivity index (χ1) is 7.69. The molecule has 88 valence electrons. The average molecular weight is 225 g/mol. The molecule has 1 aromatic carbocycles. The van der Waals surface area contributed by atoms with Crippen LogP contribution in [-0.2, 0) is 9.53 Å². The minimum absolute atomic E-state index is 0.0747. The molecule has 0 N–H and O–H groups in total. The van der Waals surface area contributed by atoms with Gasteiger partial charge in [-0.2, -0.15) is 0 Å². The molecule has 0 aliphatic carbocycles. The van der Waals surface area contributed by atoms with Crippen molar-refractivity contribution in [2.24, 2.45) is 0 Å². The molecule has 0 amide bonds. The highest BCUT2D eigenvalue weighted by molar-refractivity contribution is 5.75. The first-order valence-electron chi connectivity index (χ1n) is 5.34. The molecular weight excluding hydrogens is 209 g/mol. The molecule has 0 bridgehead atoms. The Morgan fingerprint density at radius 3 is 2.62 bits per heavy atom. The maximum Gasteiger partial charge on any atom is 0.325 e. The van der Waals surface area contributed by atoms with Crippen LogP contribution in [0.25, 0.3) is 0 Å². The van der Waals surface area contributed by atoms with Gasteiger partial charge in [-0.25, -0.2) is 4.39 Å². The fourth-order valence-electron chi connectivity index (χ4n) is 1.44. The van der Waals surface area contributed by atoms with Gasteiger partial charge in [-0.3, -0.25) is 4.79 Å². The minimum Gasteiger partial charge on any atom is -0.465 e. The Labute approximate surface area is 94.8 Å². The summed E-state index contributed by atoms with van der Waals surface area (Å²) in [6.45, 7) is 4.58. The summed E-state index contributed by atoms with van der Waals surface area (Å²) in [6, 6.07) is 6.39. The lowest BCUT2D eigenvalue weighted by atomic mass is 10.2. The molecule has 0 aliphatic heterocycles. The summed E-state index contributed by atoms with van der Waals surface area (Å²) in [5.74, 6) is -0.666. The van der Waals surface area contributed by atoms with Gasteiger partial charge in [0.2, 0.25) is 0 Å². The molecule has 0 spiro atoms. The summed E-state index contributed by atoms with van der Waals surface area (Å²) in [4.78, 5) is 13.0. The van der Waals surface area contributed by atoms with Crippen molar-refractivity contribution >= 4 is 11.7 Å². The van der Waals surface area contributed by atoms with Crippen molar-refractivity contribution in [3.8, 4) is 0 Å². The molecule has 0 aliphatic rings. The van der Waals surface area contributed by atoms with Gasteiger partial charge in [-0.05, 0) is 26.0 Å². The summed E-state index contributed by atoms with van der Waals surface area (Å²) in [5, 5.41) is 0. The number of esters is 1. The lowest BCUT2D eigenvalue weighted by Crippen LogP contribution is -2.31. The molecule has 0 radical (unpaired) electrons. The second-order valence-corrected chi connectivity index (χ2v) is 3.27. The van der Waals surface area contributed by atoms with Gasteiger partial charge < -0.3 is 9.64 Å². The van der Waals surface area contributed by atoms with Gasteiger partial charge in [-0.1, -0.05) is 12.1 Å². The molecule has 0 saturated heterocycles. The van der Waals surface area contributed by atoms with Crippen molar-refractivity contribution in [3.63, 3.8) is 0 Å². The smallest absolute Gasteiger partial charge is 0.325 e. The molecule has 0 unspecified atom stereocenters. The summed E-state index contributed by atoms with van der Waals surface area (Å²) in [6.07, 6.45) is 0. The van der Waals surface area contributed by atoms with E-state index in [2.05, 4.69) is 0 Å². The molecule has 1 rings (SSSR count). The van der Waals surface area contributed by atoms with Crippen LogP contribution >= 0.6 is 0 Å². The monoisotopic (exact) mass is 225 g/mol. The number of hydrogen-bond donors (Lipinski definition) is 0. The fraction of sp³-hybridized carbons (Fsp3) is 0.417. The Hall–Kier alpha value is -1.58. The van der Waals surface area contributed by atoms with Crippen LogP contribution in [0.2, 0.25) is 0 Å². The van der Waals surface area contributed by atoms with E-state index in [1.807, 2.05) is 6.92 Å². The van der Waals surface area contributed by atoms with Gasteiger partial charge in [0.05, 0.1) is 12.3 Å². The number of anilines is 1. The van der Waals surface area contributed by atoms with Gasteiger partial charge >= 0.3 is 5.97 Å². The highest BCUT2D eigenvalue weighted by Gasteiger charge is 2.13. The van der Waals surface area contributed by atoms with Crippen molar-refractivity contribution in [3.05, 3.63) is 30.1 Å². The van der Waals surface area contributed by atoms with E-state index >= 15 is 0 Å². The van der Waals surface area contributed by atoms with E-state index in [1.165, 1.54) is 6.07 Å². The van der Waals surface area contributed by atoms with Crippen LogP contribution < -0.4 is 4.90 Å². The third-order valence-electron chi connectivity index (χ3n) is 2.20. The molecule has 4 heteroatoms. The summed E-state index contributed by atoms with van der Waals surface area (Å²) in [7, 11) is 0. The zero-order valence-corrected chi connectivity index (χ0v) is 9.57. The molecule has 0 saturated carbocycles. The summed E-state index contributed by atoms with van der Waals surface area (Å²) in [5.41, 5.74) is 0.429. The van der Waals surface area contributed by atoms with Crippen molar-refractivity contribution in [2.45, 2.75) is 13.8 Å². The van der Waals surface area contributed by atoms with Crippen molar-refractivity contribution in [1.82, 2.24) is 0 Å². The van der Waals surface area contributed by atoms with E-state index in [1.54, 1.807) is 30.0 Å². The number of halogens is 1. The standard InChI is InChI=1S/C12H16FNO2/c1-3-14(9-12(15)16-4-2)11-8-6-5-7-10(11)13/h5-8H,3-4,9H2,1-2H3. The van der Waals surface area contributed by atoms with E-state index in [0.29, 0.717) is 18.8 Å². The normalized spacial score (nSPS) is 9.94. The Bertz CT molecular complexity index is 355. The number of hydrogen-bond acceptors (Lipinski definition) is 3. The first-order valence-corrected chi connectivity index (χ1v) is 5.34. The predicted octanol–water partition coefficient (Wildman–Crippen LogP) is 2.22. The fourth-order valence-corrected chi connectivity index (χ4v) is 1.44. The van der Waals surface area contributed by atoms with E-state index in [9.17, 15) is 9.18 Å². The number of likely N-dealkylation sites (N-methyl/N-ethyl adjacent to an activating group) is 1. The van der Waals surface area contributed by atoms with Crippen molar-refractivity contribution in [1.29, 1.82) is 0 Å². The third-order valence-corrected chi connectivity index (χ3v) is 2.20. The molecule has 16 heavy (non-hydrogen) atoms. The Kier molecular flexibility index (Phi) is 4.76. The second-order valence-electron chi connectivity index (χ2n) is 3.27. The zero-order chi connectivity index (χ0) is 12.0. The molecule has 0 aromatic heterocycles. The largest absolute Gasteiger partial charge is 0.465 e. The Balaban J connectivity index is 2.75. The van der Waals surface area contributed by atoms with Crippen LogP contribution in [0.3, 0.4) is 0 Å². The van der Waals surface area contributed by atoms with Crippen LogP contribution in [0, 0.1) is 5.82 Å². The van der Waals surface area contributed by atoms with Gasteiger partial charge in [0.15, 0.2) is 0 Å². The summed E-state index contributed by atoms with van der Waals surface area (Å²) < 4.78 is 18.3. The van der Waals surface area contributed by atoms with E-state index < -0.39 is 0 Å².